The summed E-state index contributed by atoms with van der Waals surface area (Å²) in [7, 11) is 0. The van der Waals surface area contributed by atoms with Gasteiger partial charge in [-0.15, -0.1) is 0 Å². The summed E-state index contributed by atoms with van der Waals surface area (Å²) in [6.07, 6.45) is 4.29. The number of anilines is 1. The molecule has 7 nitrogen and oxygen atoms in total. The highest BCUT2D eigenvalue weighted by molar-refractivity contribution is 5.52. The summed E-state index contributed by atoms with van der Waals surface area (Å²) in [5.41, 5.74) is -0.472. The normalized spacial score (nSPS) is 15.0. The molecule has 0 aliphatic heterocycles. The largest absolute Gasteiger partial charge is 0.395 e. The van der Waals surface area contributed by atoms with Crippen LogP contribution < -0.4 is 4.90 Å². The van der Waals surface area contributed by atoms with Gasteiger partial charge in [-0.05, 0) is 18.9 Å². The first kappa shape index (κ1) is 14.2. The number of pyridine rings is 1. The van der Waals surface area contributed by atoms with E-state index in [2.05, 4.69) is 4.98 Å². The Kier molecular flexibility index (Phi) is 4.48. The lowest BCUT2D eigenvalue weighted by Gasteiger charge is -2.29. The molecule has 1 saturated carbocycles. The van der Waals surface area contributed by atoms with Gasteiger partial charge >= 0.3 is 5.69 Å². The highest BCUT2D eigenvalue weighted by Crippen LogP contribution is 2.28. The molecule has 2 rings (SSSR count). The van der Waals surface area contributed by atoms with Crippen molar-refractivity contribution in [2.24, 2.45) is 0 Å². The zero-order valence-electron chi connectivity index (χ0n) is 11.0. The topological polar surface area (TPSA) is 103 Å². The van der Waals surface area contributed by atoms with Gasteiger partial charge in [-0.25, -0.2) is 4.98 Å². The maximum Gasteiger partial charge on any atom is 0.305 e. The van der Waals surface area contributed by atoms with Crippen LogP contribution >= 0.6 is 0 Å². The fourth-order valence-corrected chi connectivity index (χ4v) is 2.64. The predicted molar refractivity (Wildman–Crippen MR) is 72.3 cm³/mol. The highest BCUT2D eigenvalue weighted by atomic mass is 16.6. The molecule has 0 unspecified atom stereocenters. The monoisotopic (exact) mass is 276 g/mol. The van der Waals surface area contributed by atoms with Gasteiger partial charge in [0.1, 0.15) is 11.9 Å². The lowest BCUT2D eigenvalue weighted by atomic mass is 10.2. The van der Waals surface area contributed by atoms with Crippen LogP contribution in [-0.4, -0.2) is 34.2 Å². The van der Waals surface area contributed by atoms with Gasteiger partial charge in [-0.3, -0.25) is 10.1 Å². The van der Waals surface area contributed by atoms with Crippen LogP contribution in [0.5, 0.6) is 0 Å². The molecule has 1 aromatic heterocycles. The predicted octanol–water partition coefficient (Wildman–Crippen LogP) is 1.60. The molecule has 1 aliphatic carbocycles. The second-order valence-corrected chi connectivity index (χ2v) is 4.76. The second kappa shape index (κ2) is 6.30. The van der Waals surface area contributed by atoms with Crippen LogP contribution in [0.3, 0.4) is 0 Å². The second-order valence-electron chi connectivity index (χ2n) is 4.76. The van der Waals surface area contributed by atoms with Crippen molar-refractivity contribution >= 4 is 11.5 Å². The molecular weight excluding hydrogens is 260 g/mol. The van der Waals surface area contributed by atoms with E-state index in [1.165, 1.54) is 6.07 Å². The van der Waals surface area contributed by atoms with Gasteiger partial charge in [0.15, 0.2) is 0 Å². The summed E-state index contributed by atoms with van der Waals surface area (Å²) in [6, 6.07) is 4.90. The third-order valence-electron chi connectivity index (χ3n) is 3.56. The lowest BCUT2D eigenvalue weighted by Crippen LogP contribution is -2.36. The Labute approximate surface area is 116 Å². The Hall–Kier alpha value is -2.20. The van der Waals surface area contributed by atoms with Crippen molar-refractivity contribution in [3.05, 3.63) is 27.9 Å². The molecule has 20 heavy (non-hydrogen) atoms. The van der Waals surface area contributed by atoms with Gasteiger partial charge in [0, 0.05) is 18.7 Å². The van der Waals surface area contributed by atoms with Crippen molar-refractivity contribution < 1.29 is 10.0 Å². The van der Waals surface area contributed by atoms with Crippen LogP contribution in [0.25, 0.3) is 0 Å². The molecule has 0 bridgehead atoms. The number of nitrogens with zero attached hydrogens (tertiary/aromatic N) is 4. The number of hydrogen-bond acceptors (Lipinski definition) is 6. The first-order valence-electron chi connectivity index (χ1n) is 6.60. The van der Waals surface area contributed by atoms with Crippen molar-refractivity contribution in [1.82, 2.24) is 4.98 Å². The molecule has 1 aromatic rings. The Balaban J connectivity index is 2.33. The Bertz CT molecular complexity index is 535. The number of aromatic nitrogens is 1. The van der Waals surface area contributed by atoms with E-state index in [9.17, 15) is 15.2 Å². The minimum atomic E-state index is -0.610. The van der Waals surface area contributed by atoms with Gasteiger partial charge in [-0.2, -0.15) is 5.26 Å². The van der Waals surface area contributed by atoms with E-state index >= 15 is 0 Å². The number of rotatable bonds is 5. The van der Waals surface area contributed by atoms with Crippen LogP contribution in [0.15, 0.2) is 12.1 Å². The molecule has 0 aromatic carbocycles. The van der Waals surface area contributed by atoms with E-state index in [1.807, 2.05) is 4.90 Å². The van der Waals surface area contributed by atoms with Crippen molar-refractivity contribution in [3.8, 4) is 6.07 Å². The summed E-state index contributed by atoms with van der Waals surface area (Å²) in [5, 5.41) is 29.0. The van der Waals surface area contributed by atoms with Crippen molar-refractivity contribution in [2.45, 2.75) is 31.7 Å². The molecule has 1 N–H and O–H groups in total. The quantitative estimate of drug-likeness (QED) is 0.647. The number of nitro groups is 1. The zero-order chi connectivity index (χ0) is 14.5. The molecule has 0 saturated heterocycles. The van der Waals surface area contributed by atoms with Gasteiger partial charge in [0.05, 0.1) is 11.5 Å². The van der Waals surface area contributed by atoms with Crippen molar-refractivity contribution in [2.75, 3.05) is 18.1 Å². The maximum absolute atomic E-state index is 10.8. The van der Waals surface area contributed by atoms with Crippen LogP contribution in [0, 0.1) is 21.4 Å². The van der Waals surface area contributed by atoms with Gasteiger partial charge in [0.25, 0.3) is 0 Å². The lowest BCUT2D eigenvalue weighted by molar-refractivity contribution is -0.385. The summed E-state index contributed by atoms with van der Waals surface area (Å²) < 4.78 is 0. The molecular formula is C13H16N4O3. The molecule has 7 heteroatoms. The van der Waals surface area contributed by atoms with Crippen LogP contribution in [0.2, 0.25) is 0 Å². The first-order valence-corrected chi connectivity index (χ1v) is 6.60. The van der Waals surface area contributed by atoms with E-state index in [4.69, 9.17) is 5.26 Å². The molecule has 0 radical (unpaired) electrons. The average Bonchev–Trinajstić information content (AvgIpc) is 2.97. The molecule has 106 valence electrons. The molecule has 1 aliphatic rings. The standard InChI is InChI=1S/C13H16N4O3/c14-9-11-12(17(19)20)5-6-13(15-11)16(7-8-18)10-3-1-2-4-10/h5-6,10,18H,1-4,7-8H2. The first-order chi connectivity index (χ1) is 9.67. The summed E-state index contributed by atoms with van der Waals surface area (Å²) in [5.74, 6) is 0.521. The van der Waals surface area contributed by atoms with E-state index in [0.717, 1.165) is 25.7 Å². The number of aliphatic hydroxyl groups is 1. The highest BCUT2D eigenvalue weighted by Gasteiger charge is 2.25. The Morgan fingerprint density at radius 2 is 2.20 bits per heavy atom. The number of hydrogen-bond donors (Lipinski definition) is 1. The average molecular weight is 276 g/mol. The van der Waals surface area contributed by atoms with E-state index in [0.29, 0.717) is 12.4 Å². The molecule has 0 amide bonds. The van der Waals surface area contributed by atoms with Crippen molar-refractivity contribution in [1.29, 1.82) is 5.26 Å². The fourth-order valence-electron chi connectivity index (χ4n) is 2.64. The minimum absolute atomic E-state index is 0.0168. The zero-order valence-corrected chi connectivity index (χ0v) is 11.0. The van der Waals surface area contributed by atoms with E-state index in [-0.39, 0.29) is 24.0 Å². The molecule has 1 fully saturated rings. The fraction of sp³-hybridized carbons (Fsp3) is 0.538. The SMILES string of the molecule is N#Cc1nc(N(CCO)C2CCCC2)ccc1[N+](=O)[O-]. The number of aliphatic hydroxyl groups excluding tert-OH is 1. The number of nitriles is 1. The summed E-state index contributed by atoms with van der Waals surface area (Å²) in [4.78, 5) is 16.2. The van der Waals surface area contributed by atoms with E-state index in [1.54, 1.807) is 12.1 Å². The van der Waals surface area contributed by atoms with Gasteiger partial charge in [-0.1, -0.05) is 12.8 Å². The Morgan fingerprint density at radius 3 is 2.75 bits per heavy atom. The molecule has 0 spiro atoms. The molecule has 0 atom stereocenters. The minimum Gasteiger partial charge on any atom is -0.395 e. The molecule has 1 heterocycles. The smallest absolute Gasteiger partial charge is 0.305 e. The summed E-state index contributed by atoms with van der Waals surface area (Å²) >= 11 is 0. The van der Waals surface area contributed by atoms with Crippen LogP contribution in [-0.2, 0) is 0 Å². The van der Waals surface area contributed by atoms with Crippen LogP contribution in [0.1, 0.15) is 31.4 Å². The van der Waals surface area contributed by atoms with Gasteiger partial charge in [0.2, 0.25) is 5.69 Å². The van der Waals surface area contributed by atoms with E-state index < -0.39 is 4.92 Å². The van der Waals surface area contributed by atoms with Crippen LogP contribution in [0.4, 0.5) is 11.5 Å². The van der Waals surface area contributed by atoms with Gasteiger partial charge < -0.3 is 10.0 Å². The maximum atomic E-state index is 10.8. The Morgan fingerprint density at radius 1 is 1.50 bits per heavy atom. The third kappa shape index (κ3) is 2.86. The third-order valence-corrected chi connectivity index (χ3v) is 3.56. The van der Waals surface area contributed by atoms with Crippen molar-refractivity contribution in [3.63, 3.8) is 0 Å². The summed E-state index contributed by atoms with van der Waals surface area (Å²) in [6.45, 7) is 0.400.